The highest BCUT2D eigenvalue weighted by Crippen LogP contribution is 2.19. The molecule has 0 fully saturated rings. The van der Waals surface area contributed by atoms with Crippen LogP contribution in [0.3, 0.4) is 0 Å². The van der Waals surface area contributed by atoms with Gasteiger partial charge in [-0.1, -0.05) is 6.92 Å². The van der Waals surface area contributed by atoms with Crippen LogP contribution in [0.25, 0.3) is 0 Å². The molecule has 0 spiro atoms. The Morgan fingerprint density at radius 2 is 2.29 bits per heavy atom. The molecule has 6 heteroatoms. The lowest BCUT2D eigenvalue weighted by Crippen LogP contribution is -2.22. The van der Waals surface area contributed by atoms with Crippen molar-refractivity contribution in [2.75, 3.05) is 0 Å². The molecule has 0 saturated carbocycles. The third-order valence-corrected chi connectivity index (χ3v) is 4.17. The summed E-state index contributed by atoms with van der Waals surface area (Å²) in [6, 6.07) is 5.06. The summed E-state index contributed by atoms with van der Waals surface area (Å²) < 4.78 is 0. The first-order valence-corrected chi connectivity index (χ1v) is 7.55. The van der Waals surface area contributed by atoms with E-state index < -0.39 is 0 Å². The molecular weight excluding hydrogens is 284 g/mol. The number of thiazole rings is 1. The average Bonchev–Trinajstić information content (AvgIpc) is 2.85. The van der Waals surface area contributed by atoms with Crippen molar-refractivity contribution in [3.8, 4) is 6.07 Å². The smallest absolute Gasteiger partial charge is 0.253 e. The van der Waals surface area contributed by atoms with Crippen LogP contribution in [0.2, 0.25) is 0 Å². The maximum Gasteiger partial charge on any atom is 0.253 e. The van der Waals surface area contributed by atoms with Crippen molar-refractivity contribution in [3.63, 3.8) is 0 Å². The van der Waals surface area contributed by atoms with Crippen molar-refractivity contribution in [1.29, 1.82) is 5.26 Å². The number of hydrogen-bond donors (Lipinski definition) is 1. The average molecular weight is 300 g/mol. The molecule has 0 aliphatic heterocycles. The zero-order valence-corrected chi connectivity index (χ0v) is 12.8. The van der Waals surface area contributed by atoms with Crippen molar-refractivity contribution in [2.24, 2.45) is 0 Å². The number of pyridine rings is 1. The summed E-state index contributed by atoms with van der Waals surface area (Å²) in [6.45, 7) is 4.54. The summed E-state index contributed by atoms with van der Waals surface area (Å²) >= 11 is 1.64. The molecule has 0 saturated heterocycles. The predicted molar refractivity (Wildman–Crippen MR) is 81.0 cm³/mol. The zero-order valence-electron chi connectivity index (χ0n) is 12.0. The minimum absolute atomic E-state index is 0.197. The van der Waals surface area contributed by atoms with Crippen LogP contribution in [0.5, 0.6) is 0 Å². The van der Waals surface area contributed by atoms with E-state index in [1.165, 1.54) is 12.3 Å². The van der Waals surface area contributed by atoms with Crippen LogP contribution in [0, 0.1) is 18.3 Å². The Morgan fingerprint density at radius 3 is 2.90 bits per heavy atom. The topological polar surface area (TPSA) is 78.7 Å². The van der Waals surface area contributed by atoms with Gasteiger partial charge in [-0.3, -0.25) is 4.79 Å². The highest BCUT2D eigenvalue weighted by Gasteiger charge is 2.10. The molecule has 0 unspecified atom stereocenters. The van der Waals surface area contributed by atoms with E-state index in [1.807, 2.05) is 13.0 Å². The van der Waals surface area contributed by atoms with Crippen LogP contribution >= 0.6 is 11.3 Å². The first kappa shape index (κ1) is 15.1. The second-order valence-electron chi connectivity index (χ2n) is 4.59. The summed E-state index contributed by atoms with van der Waals surface area (Å²) in [5, 5.41) is 12.6. The number of nitrogens with one attached hydrogen (secondary N) is 1. The van der Waals surface area contributed by atoms with Gasteiger partial charge in [0.25, 0.3) is 5.91 Å². The molecule has 0 atom stereocenters. The van der Waals surface area contributed by atoms with Crippen LogP contribution in [0.1, 0.15) is 45.0 Å². The Bertz CT molecular complexity index is 670. The van der Waals surface area contributed by atoms with Gasteiger partial charge < -0.3 is 5.32 Å². The molecule has 5 nitrogen and oxygen atoms in total. The van der Waals surface area contributed by atoms with Crippen LogP contribution in [-0.4, -0.2) is 15.9 Å². The molecule has 2 rings (SSSR count). The predicted octanol–water partition coefficient (Wildman–Crippen LogP) is 2.60. The Hall–Kier alpha value is -2.26. The Morgan fingerprint density at radius 1 is 1.48 bits per heavy atom. The lowest BCUT2D eigenvalue weighted by molar-refractivity contribution is 0.0951. The van der Waals surface area contributed by atoms with Crippen LogP contribution in [0.15, 0.2) is 18.3 Å². The van der Waals surface area contributed by atoms with Crippen molar-refractivity contribution >= 4 is 17.2 Å². The zero-order chi connectivity index (χ0) is 15.2. The Kier molecular flexibility index (Phi) is 5.01. The molecule has 1 N–H and O–H groups in total. The lowest BCUT2D eigenvalue weighted by atomic mass is 10.2. The Balaban J connectivity index is 1.98. The maximum atomic E-state index is 12.0. The van der Waals surface area contributed by atoms with Crippen LogP contribution < -0.4 is 5.32 Å². The molecule has 0 bridgehead atoms. The summed E-state index contributed by atoms with van der Waals surface area (Å²) in [4.78, 5) is 21.5. The molecule has 0 radical (unpaired) electrons. The number of aryl methyl sites for hydroxylation is 2. The van der Waals surface area contributed by atoms with E-state index in [2.05, 4.69) is 22.2 Å². The van der Waals surface area contributed by atoms with Crippen LogP contribution in [-0.2, 0) is 13.0 Å². The van der Waals surface area contributed by atoms with Crippen molar-refractivity contribution in [1.82, 2.24) is 15.3 Å². The molecule has 1 amide bonds. The van der Waals surface area contributed by atoms with Gasteiger partial charge in [-0.2, -0.15) is 5.26 Å². The molecule has 0 aliphatic carbocycles. The SMILES string of the molecule is CCCc1nc(C)c(CNC(=O)c2ccc(C#N)nc2)s1. The molecule has 2 heterocycles. The van der Waals surface area contributed by atoms with Gasteiger partial charge in [0.1, 0.15) is 11.8 Å². The lowest BCUT2D eigenvalue weighted by Gasteiger charge is -2.03. The fraction of sp³-hybridized carbons (Fsp3) is 0.333. The molecule has 2 aromatic rings. The van der Waals surface area contributed by atoms with E-state index in [1.54, 1.807) is 17.4 Å². The number of aromatic nitrogens is 2. The molecular formula is C15H16N4OS. The Labute approximate surface area is 127 Å². The van der Waals surface area contributed by atoms with E-state index in [4.69, 9.17) is 5.26 Å². The second kappa shape index (κ2) is 6.95. The largest absolute Gasteiger partial charge is 0.347 e. The van der Waals surface area contributed by atoms with Gasteiger partial charge >= 0.3 is 0 Å². The highest BCUT2D eigenvalue weighted by atomic mass is 32.1. The van der Waals surface area contributed by atoms with Gasteiger partial charge in [0.15, 0.2) is 0 Å². The number of nitrogens with zero attached hydrogens (tertiary/aromatic N) is 3. The van der Waals surface area contributed by atoms with Gasteiger partial charge in [-0.25, -0.2) is 9.97 Å². The van der Waals surface area contributed by atoms with Gasteiger partial charge in [0, 0.05) is 11.1 Å². The normalized spacial score (nSPS) is 10.1. The van der Waals surface area contributed by atoms with Crippen molar-refractivity contribution in [3.05, 3.63) is 45.2 Å². The maximum absolute atomic E-state index is 12.0. The molecule has 0 aliphatic rings. The number of rotatable bonds is 5. The third kappa shape index (κ3) is 3.86. The van der Waals surface area contributed by atoms with Gasteiger partial charge in [0.05, 0.1) is 22.8 Å². The standard InChI is InChI=1S/C15H16N4OS/c1-3-4-14-19-10(2)13(21-14)9-18-15(20)11-5-6-12(7-16)17-8-11/h5-6,8H,3-4,9H2,1-2H3,(H,18,20). The highest BCUT2D eigenvalue weighted by molar-refractivity contribution is 7.11. The van der Waals surface area contributed by atoms with E-state index >= 15 is 0 Å². The summed E-state index contributed by atoms with van der Waals surface area (Å²) in [7, 11) is 0. The minimum atomic E-state index is -0.197. The summed E-state index contributed by atoms with van der Waals surface area (Å²) in [5.74, 6) is -0.197. The monoisotopic (exact) mass is 300 g/mol. The number of nitriles is 1. The fourth-order valence-electron chi connectivity index (χ4n) is 1.83. The van der Waals surface area contributed by atoms with E-state index in [0.29, 0.717) is 17.8 Å². The number of hydrogen-bond acceptors (Lipinski definition) is 5. The van der Waals surface area contributed by atoms with E-state index in [9.17, 15) is 4.79 Å². The number of amides is 1. The van der Waals surface area contributed by atoms with Crippen molar-refractivity contribution in [2.45, 2.75) is 33.2 Å². The van der Waals surface area contributed by atoms with Gasteiger partial charge in [-0.15, -0.1) is 11.3 Å². The summed E-state index contributed by atoms with van der Waals surface area (Å²) in [6.07, 6.45) is 3.45. The van der Waals surface area contributed by atoms with Crippen molar-refractivity contribution < 1.29 is 4.79 Å². The van der Waals surface area contributed by atoms with Gasteiger partial charge in [0.2, 0.25) is 0 Å². The minimum Gasteiger partial charge on any atom is -0.347 e. The summed E-state index contributed by atoms with van der Waals surface area (Å²) in [5.41, 5.74) is 1.72. The fourth-order valence-corrected chi connectivity index (χ4v) is 2.94. The van der Waals surface area contributed by atoms with Gasteiger partial charge in [-0.05, 0) is 31.9 Å². The first-order chi connectivity index (χ1) is 10.1. The molecule has 2 aromatic heterocycles. The number of carbonyl (C=O) groups excluding carboxylic acids is 1. The second-order valence-corrected chi connectivity index (χ2v) is 5.76. The molecule has 21 heavy (non-hydrogen) atoms. The molecule has 0 aromatic carbocycles. The quantitative estimate of drug-likeness (QED) is 0.920. The van der Waals surface area contributed by atoms with Crippen LogP contribution in [0.4, 0.5) is 0 Å². The molecule has 108 valence electrons. The van der Waals surface area contributed by atoms with E-state index in [0.717, 1.165) is 28.4 Å². The van der Waals surface area contributed by atoms with E-state index in [-0.39, 0.29) is 5.91 Å². The first-order valence-electron chi connectivity index (χ1n) is 6.73. The number of carbonyl (C=O) groups is 1. The third-order valence-electron chi connectivity index (χ3n) is 2.95.